The summed E-state index contributed by atoms with van der Waals surface area (Å²) < 4.78 is 30.9. The second-order valence-corrected chi connectivity index (χ2v) is 8.21. The highest BCUT2D eigenvalue weighted by Gasteiger charge is 2.37. The van der Waals surface area contributed by atoms with Crippen LogP contribution in [0.1, 0.15) is 39.6 Å². The van der Waals surface area contributed by atoms with E-state index in [0.717, 1.165) is 11.8 Å². The standard InChI is InChI=1S/C19H19NO5S/c1-4-12-5-7-13(8-6-12)18(21)17-16(26(3,23)24)11-15-14(19(22)25-2)9-10-20(15)17/h4-8,11,14H,1,9-10H2,2-3H3. The zero-order valence-electron chi connectivity index (χ0n) is 14.6. The minimum absolute atomic E-state index is 0.0566. The normalized spacial score (nSPS) is 16.2. The number of carbonyl (C=O) groups excluding carboxylic acids is 2. The van der Waals surface area contributed by atoms with Gasteiger partial charge in [0.05, 0.1) is 17.9 Å². The van der Waals surface area contributed by atoms with Crippen LogP contribution >= 0.6 is 0 Å². The van der Waals surface area contributed by atoms with E-state index >= 15 is 0 Å². The van der Waals surface area contributed by atoms with Gasteiger partial charge in [0.25, 0.3) is 0 Å². The maximum Gasteiger partial charge on any atom is 0.314 e. The fourth-order valence-electron chi connectivity index (χ4n) is 3.28. The Bertz CT molecular complexity index is 999. The third kappa shape index (κ3) is 2.99. The predicted molar refractivity (Wildman–Crippen MR) is 96.9 cm³/mol. The molecule has 2 aromatic rings. The molecule has 1 aliphatic rings. The van der Waals surface area contributed by atoms with Crippen LogP contribution in [0.2, 0.25) is 0 Å². The molecular formula is C19H19NO5S. The van der Waals surface area contributed by atoms with E-state index < -0.39 is 27.5 Å². The van der Waals surface area contributed by atoms with Gasteiger partial charge < -0.3 is 9.30 Å². The molecule has 0 saturated carbocycles. The molecule has 136 valence electrons. The molecule has 26 heavy (non-hydrogen) atoms. The van der Waals surface area contributed by atoms with Crippen molar-refractivity contribution in [2.24, 2.45) is 0 Å². The van der Waals surface area contributed by atoms with E-state index in [1.807, 2.05) is 0 Å². The second-order valence-electron chi connectivity index (χ2n) is 6.23. The number of hydrogen-bond acceptors (Lipinski definition) is 5. The molecule has 1 aliphatic heterocycles. The molecule has 2 heterocycles. The van der Waals surface area contributed by atoms with Gasteiger partial charge in [0, 0.05) is 24.1 Å². The van der Waals surface area contributed by atoms with Gasteiger partial charge in [-0.15, -0.1) is 0 Å². The number of rotatable bonds is 5. The Labute approximate surface area is 152 Å². The van der Waals surface area contributed by atoms with Crippen LogP contribution in [0.25, 0.3) is 6.08 Å². The maximum absolute atomic E-state index is 13.1. The molecule has 0 fully saturated rings. The van der Waals surface area contributed by atoms with Gasteiger partial charge in [-0.25, -0.2) is 8.42 Å². The first-order chi connectivity index (χ1) is 12.3. The van der Waals surface area contributed by atoms with Crippen LogP contribution in [0, 0.1) is 0 Å². The quantitative estimate of drug-likeness (QED) is 0.594. The molecule has 0 spiro atoms. The summed E-state index contributed by atoms with van der Waals surface area (Å²) in [4.78, 5) is 25.0. The average molecular weight is 373 g/mol. The molecule has 0 saturated heterocycles. The lowest BCUT2D eigenvalue weighted by atomic mass is 10.0. The van der Waals surface area contributed by atoms with Gasteiger partial charge in [-0.3, -0.25) is 9.59 Å². The SMILES string of the molecule is C=Cc1ccc(C(=O)c2c(S(C)(=O)=O)cc3n2CCC3C(=O)OC)cc1. The molecular weight excluding hydrogens is 354 g/mol. The van der Waals surface area contributed by atoms with Crippen molar-refractivity contribution >= 4 is 27.7 Å². The van der Waals surface area contributed by atoms with Crippen LogP contribution in [-0.4, -0.2) is 38.1 Å². The highest BCUT2D eigenvalue weighted by atomic mass is 32.2. The van der Waals surface area contributed by atoms with Crippen LogP contribution in [0.4, 0.5) is 0 Å². The topological polar surface area (TPSA) is 82.4 Å². The van der Waals surface area contributed by atoms with Crippen molar-refractivity contribution in [3.8, 4) is 0 Å². The van der Waals surface area contributed by atoms with Crippen molar-refractivity contribution in [3.05, 3.63) is 59.4 Å². The summed E-state index contributed by atoms with van der Waals surface area (Å²) in [6.07, 6.45) is 3.19. The summed E-state index contributed by atoms with van der Waals surface area (Å²) in [7, 11) is -2.35. The summed E-state index contributed by atoms with van der Waals surface area (Å²) >= 11 is 0. The molecule has 0 bridgehead atoms. The Hall–Kier alpha value is -2.67. The summed E-state index contributed by atoms with van der Waals surface area (Å²) in [6, 6.07) is 8.18. The van der Waals surface area contributed by atoms with Crippen LogP contribution < -0.4 is 0 Å². The first-order valence-corrected chi connectivity index (χ1v) is 9.95. The minimum Gasteiger partial charge on any atom is -0.469 e. The Kier molecular flexibility index (Phi) is 4.58. The molecule has 0 amide bonds. The number of nitrogens with zero attached hydrogens (tertiary/aromatic N) is 1. The van der Waals surface area contributed by atoms with Gasteiger partial charge in [-0.05, 0) is 18.1 Å². The summed E-state index contributed by atoms with van der Waals surface area (Å²) in [5.41, 5.74) is 1.84. The number of methoxy groups -OCH3 is 1. The van der Waals surface area contributed by atoms with Crippen molar-refractivity contribution in [2.75, 3.05) is 13.4 Å². The summed E-state index contributed by atoms with van der Waals surface area (Å²) in [5.74, 6) is -1.39. The highest BCUT2D eigenvalue weighted by Crippen LogP contribution is 2.36. The third-order valence-corrected chi connectivity index (χ3v) is 5.71. The van der Waals surface area contributed by atoms with Gasteiger partial charge in [0.15, 0.2) is 9.84 Å². The van der Waals surface area contributed by atoms with E-state index in [9.17, 15) is 18.0 Å². The van der Waals surface area contributed by atoms with Crippen LogP contribution in [0.5, 0.6) is 0 Å². The lowest BCUT2D eigenvalue weighted by molar-refractivity contribution is -0.142. The summed E-state index contributed by atoms with van der Waals surface area (Å²) in [6.45, 7) is 4.06. The monoisotopic (exact) mass is 373 g/mol. The van der Waals surface area contributed by atoms with E-state index in [2.05, 4.69) is 6.58 Å². The van der Waals surface area contributed by atoms with Gasteiger partial charge in [-0.2, -0.15) is 0 Å². The van der Waals surface area contributed by atoms with Gasteiger partial charge >= 0.3 is 5.97 Å². The second kappa shape index (κ2) is 6.57. The molecule has 1 aromatic carbocycles. The number of carbonyl (C=O) groups is 2. The van der Waals surface area contributed by atoms with Crippen LogP contribution in [0.3, 0.4) is 0 Å². The van der Waals surface area contributed by atoms with Gasteiger partial charge in [0.2, 0.25) is 5.78 Å². The van der Waals surface area contributed by atoms with E-state index in [1.54, 1.807) is 34.9 Å². The average Bonchev–Trinajstić information content (AvgIpc) is 3.19. The Morgan fingerprint density at radius 2 is 1.92 bits per heavy atom. The molecule has 0 radical (unpaired) electrons. The molecule has 0 N–H and O–H groups in total. The number of esters is 1. The number of benzene rings is 1. The lowest BCUT2D eigenvalue weighted by Crippen LogP contribution is -2.13. The Morgan fingerprint density at radius 3 is 2.46 bits per heavy atom. The van der Waals surface area contributed by atoms with E-state index in [1.165, 1.54) is 13.2 Å². The van der Waals surface area contributed by atoms with Crippen molar-refractivity contribution in [2.45, 2.75) is 23.8 Å². The van der Waals surface area contributed by atoms with Crippen molar-refractivity contribution in [1.29, 1.82) is 0 Å². The van der Waals surface area contributed by atoms with Crippen LogP contribution in [-0.2, 0) is 25.9 Å². The maximum atomic E-state index is 13.1. The van der Waals surface area contributed by atoms with E-state index in [-0.39, 0.29) is 10.6 Å². The molecule has 6 nitrogen and oxygen atoms in total. The minimum atomic E-state index is -3.64. The molecule has 1 unspecified atom stereocenters. The lowest BCUT2D eigenvalue weighted by Gasteiger charge is -2.08. The fraction of sp³-hybridized carbons (Fsp3) is 0.263. The third-order valence-electron chi connectivity index (χ3n) is 4.60. The van der Waals surface area contributed by atoms with Crippen LogP contribution in [0.15, 0.2) is 41.8 Å². The first-order valence-electron chi connectivity index (χ1n) is 8.06. The molecule has 3 rings (SSSR count). The van der Waals surface area contributed by atoms with Gasteiger partial charge in [-0.1, -0.05) is 36.9 Å². The number of hydrogen-bond donors (Lipinski definition) is 0. The number of sulfone groups is 1. The fourth-order valence-corrected chi connectivity index (χ4v) is 4.17. The molecule has 7 heteroatoms. The first kappa shape index (κ1) is 18.1. The number of ether oxygens (including phenoxy) is 1. The zero-order chi connectivity index (χ0) is 19.1. The number of ketones is 1. The summed E-state index contributed by atoms with van der Waals surface area (Å²) in [5, 5.41) is 0. The Morgan fingerprint density at radius 1 is 1.27 bits per heavy atom. The number of fused-ring (bicyclic) bond motifs is 1. The van der Waals surface area contributed by atoms with Crippen molar-refractivity contribution in [1.82, 2.24) is 4.57 Å². The van der Waals surface area contributed by atoms with Crippen molar-refractivity contribution < 1.29 is 22.7 Å². The predicted octanol–water partition coefficient (Wildman–Crippen LogP) is 2.43. The smallest absolute Gasteiger partial charge is 0.314 e. The van der Waals surface area contributed by atoms with Gasteiger partial charge in [0.1, 0.15) is 5.69 Å². The molecule has 0 aliphatic carbocycles. The number of aromatic nitrogens is 1. The largest absolute Gasteiger partial charge is 0.469 e. The molecule has 1 aromatic heterocycles. The molecule has 1 atom stereocenters. The van der Waals surface area contributed by atoms with Crippen molar-refractivity contribution in [3.63, 3.8) is 0 Å². The van der Waals surface area contributed by atoms with E-state index in [0.29, 0.717) is 24.2 Å². The van der Waals surface area contributed by atoms with E-state index in [4.69, 9.17) is 4.74 Å². The zero-order valence-corrected chi connectivity index (χ0v) is 15.4. The Balaban J connectivity index is 2.15. The highest BCUT2D eigenvalue weighted by molar-refractivity contribution is 7.90.